The van der Waals surface area contributed by atoms with Gasteiger partial charge in [-0.05, 0) is 43.5 Å². The minimum Gasteiger partial charge on any atom is -0.491 e. The van der Waals surface area contributed by atoms with Gasteiger partial charge in [-0.1, -0.05) is 0 Å². The van der Waals surface area contributed by atoms with Crippen molar-refractivity contribution in [1.29, 1.82) is 0 Å². The summed E-state index contributed by atoms with van der Waals surface area (Å²) in [5.74, 6) is 0.766. The van der Waals surface area contributed by atoms with Gasteiger partial charge in [-0.3, -0.25) is 0 Å². The van der Waals surface area contributed by atoms with Crippen molar-refractivity contribution in [2.45, 2.75) is 25.9 Å². The zero-order valence-electron chi connectivity index (χ0n) is 8.92. The van der Waals surface area contributed by atoms with E-state index in [0.717, 1.165) is 25.1 Å². The molecule has 82 valence electrons. The largest absolute Gasteiger partial charge is 0.491 e. The standard InChI is InChI=1S/C12H16FNO/c1-9(13)8-15-11-4-5-12-10(7-11)3-2-6-14-12/h4-5,7,9,14H,2-3,6,8H2,1H3. The highest BCUT2D eigenvalue weighted by Crippen LogP contribution is 2.26. The van der Waals surface area contributed by atoms with Crippen LogP contribution < -0.4 is 10.1 Å². The molecule has 0 aliphatic carbocycles. The number of ether oxygens (including phenoxy) is 1. The minimum atomic E-state index is -0.917. The number of hydrogen-bond acceptors (Lipinski definition) is 2. The van der Waals surface area contributed by atoms with Gasteiger partial charge in [-0.25, -0.2) is 4.39 Å². The number of benzene rings is 1. The van der Waals surface area contributed by atoms with Crippen LogP contribution in [0.15, 0.2) is 18.2 Å². The monoisotopic (exact) mass is 209 g/mol. The first-order valence-corrected chi connectivity index (χ1v) is 5.39. The van der Waals surface area contributed by atoms with E-state index >= 15 is 0 Å². The third-order valence-corrected chi connectivity index (χ3v) is 2.49. The maximum Gasteiger partial charge on any atom is 0.131 e. The molecule has 0 saturated heterocycles. The Balaban J connectivity index is 2.07. The minimum absolute atomic E-state index is 0.131. The number of rotatable bonds is 3. The Morgan fingerprint density at radius 3 is 3.20 bits per heavy atom. The van der Waals surface area contributed by atoms with E-state index < -0.39 is 6.17 Å². The Bertz CT molecular complexity index is 338. The lowest BCUT2D eigenvalue weighted by atomic mass is 10.0. The van der Waals surface area contributed by atoms with E-state index in [0.29, 0.717) is 0 Å². The van der Waals surface area contributed by atoms with Crippen LogP contribution in [0.2, 0.25) is 0 Å². The summed E-state index contributed by atoms with van der Waals surface area (Å²) in [6.07, 6.45) is 1.31. The highest BCUT2D eigenvalue weighted by molar-refractivity contribution is 5.55. The molecule has 15 heavy (non-hydrogen) atoms. The first kappa shape index (κ1) is 10.3. The van der Waals surface area contributed by atoms with Gasteiger partial charge in [0.2, 0.25) is 0 Å². The van der Waals surface area contributed by atoms with Gasteiger partial charge in [0, 0.05) is 12.2 Å². The molecule has 2 rings (SSSR count). The first-order valence-electron chi connectivity index (χ1n) is 5.39. The number of aryl methyl sites for hydroxylation is 1. The van der Waals surface area contributed by atoms with Gasteiger partial charge in [0.1, 0.15) is 18.5 Å². The van der Waals surface area contributed by atoms with Gasteiger partial charge < -0.3 is 10.1 Å². The number of fused-ring (bicyclic) bond motifs is 1. The maximum atomic E-state index is 12.6. The van der Waals surface area contributed by atoms with Crippen molar-refractivity contribution in [2.24, 2.45) is 0 Å². The first-order chi connectivity index (χ1) is 7.25. The summed E-state index contributed by atoms with van der Waals surface area (Å²) in [5, 5.41) is 3.33. The van der Waals surface area contributed by atoms with Crippen molar-refractivity contribution < 1.29 is 9.13 Å². The second-order valence-electron chi connectivity index (χ2n) is 3.94. The molecule has 1 unspecified atom stereocenters. The molecule has 0 fully saturated rings. The molecule has 1 aliphatic rings. The van der Waals surface area contributed by atoms with Crippen LogP contribution in [0.5, 0.6) is 5.75 Å². The second kappa shape index (κ2) is 4.51. The Morgan fingerprint density at radius 1 is 1.53 bits per heavy atom. The van der Waals surface area contributed by atoms with Crippen molar-refractivity contribution in [3.05, 3.63) is 23.8 Å². The Kier molecular flexibility index (Phi) is 3.09. The molecule has 1 aliphatic heterocycles. The van der Waals surface area contributed by atoms with Crippen LogP contribution >= 0.6 is 0 Å². The van der Waals surface area contributed by atoms with Crippen molar-refractivity contribution in [3.63, 3.8) is 0 Å². The molecule has 0 spiro atoms. The highest BCUT2D eigenvalue weighted by atomic mass is 19.1. The van der Waals surface area contributed by atoms with Gasteiger partial charge in [-0.15, -0.1) is 0 Å². The van der Waals surface area contributed by atoms with E-state index in [-0.39, 0.29) is 6.61 Å². The van der Waals surface area contributed by atoms with Crippen LogP contribution in [0.25, 0.3) is 0 Å². The average Bonchev–Trinajstić information content (AvgIpc) is 2.26. The van der Waals surface area contributed by atoms with E-state index in [9.17, 15) is 4.39 Å². The molecule has 1 N–H and O–H groups in total. The summed E-state index contributed by atoms with van der Waals surface area (Å²) in [6.45, 7) is 2.67. The summed E-state index contributed by atoms with van der Waals surface area (Å²) in [6, 6.07) is 5.90. The van der Waals surface area contributed by atoms with Gasteiger partial charge >= 0.3 is 0 Å². The average molecular weight is 209 g/mol. The fourth-order valence-corrected chi connectivity index (χ4v) is 1.75. The fraction of sp³-hybridized carbons (Fsp3) is 0.500. The van der Waals surface area contributed by atoms with Crippen LogP contribution in [0.4, 0.5) is 10.1 Å². The zero-order chi connectivity index (χ0) is 10.7. The molecule has 1 atom stereocenters. The Hall–Kier alpha value is -1.25. The summed E-state index contributed by atoms with van der Waals surface area (Å²) in [5.41, 5.74) is 2.45. The summed E-state index contributed by atoms with van der Waals surface area (Å²) in [4.78, 5) is 0. The molecule has 1 aromatic rings. The zero-order valence-corrected chi connectivity index (χ0v) is 8.92. The summed E-state index contributed by atoms with van der Waals surface area (Å²) < 4.78 is 17.9. The van der Waals surface area contributed by atoms with Crippen LogP contribution in [0.3, 0.4) is 0 Å². The molecular weight excluding hydrogens is 193 g/mol. The molecule has 1 heterocycles. The molecule has 0 radical (unpaired) electrons. The molecule has 2 nitrogen and oxygen atoms in total. The van der Waals surface area contributed by atoms with Crippen molar-refractivity contribution in [1.82, 2.24) is 0 Å². The van der Waals surface area contributed by atoms with Crippen LogP contribution in [0, 0.1) is 0 Å². The second-order valence-corrected chi connectivity index (χ2v) is 3.94. The van der Waals surface area contributed by atoms with Crippen molar-refractivity contribution >= 4 is 5.69 Å². The molecular formula is C12H16FNO. The lowest BCUT2D eigenvalue weighted by Crippen LogP contribution is -2.12. The predicted molar refractivity (Wildman–Crippen MR) is 59.3 cm³/mol. The lowest BCUT2D eigenvalue weighted by molar-refractivity contribution is 0.209. The van der Waals surface area contributed by atoms with Crippen LogP contribution in [-0.2, 0) is 6.42 Å². The van der Waals surface area contributed by atoms with Crippen molar-refractivity contribution in [3.8, 4) is 5.75 Å². The molecule has 0 bridgehead atoms. The molecule has 0 saturated carbocycles. The van der Waals surface area contributed by atoms with Gasteiger partial charge in [0.05, 0.1) is 0 Å². The molecule has 1 aromatic carbocycles. The van der Waals surface area contributed by atoms with E-state index in [4.69, 9.17) is 4.74 Å². The van der Waals surface area contributed by atoms with E-state index in [1.54, 1.807) is 0 Å². The Labute approximate surface area is 89.4 Å². The lowest BCUT2D eigenvalue weighted by Gasteiger charge is -2.18. The summed E-state index contributed by atoms with van der Waals surface area (Å²) >= 11 is 0. The smallest absolute Gasteiger partial charge is 0.131 e. The number of nitrogens with one attached hydrogen (secondary N) is 1. The number of anilines is 1. The molecule has 3 heteroatoms. The number of hydrogen-bond donors (Lipinski definition) is 1. The fourth-order valence-electron chi connectivity index (χ4n) is 1.75. The maximum absolute atomic E-state index is 12.6. The van der Waals surface area contributed by atoms with E-state index in [1.165, 1.54) is 18.2 Å². The third kappa shape index (κ3) is 2.61. The SMILES string of the molecule is CC(F)COc1ccc2c(c1)CCCN2. The topological polar surface area (TPSA) is 21.3 Å². The van der Waals surface area contributed by atoms with E-state index in [2.05, 4.69) is 5.32 Å². The van der Waals surface area contributed by atoms with E-state index in [1.807, 2.05) is 18.2 Å². The quantitative estimate of drug-likeness (QED) is 0.826. The molecule has 0 amide bonds. The normalized spacial score (nSPS) is 16.4. The van der Waals surface area contributed by atoms with Gasteiger partial charge in [0.25, 0.3) is 0 Å². The third-order valence-electron chi connectivity index (χ3n) is 2.49. The summed E-state index contributed by atoms with van der Waals surface area (Å²) in [7, 11) is 0. The highest BCUT2D eigenvalue weighted by Gasteiger charge is 2.09. The number of alkyl halides is 1. The van der Waals surface area contributed by atoms with Crippen molar-refractivity contribution in [2.75, 3.05) is 18.5 Å². The Morgan fingerprint density at radius 2 is 2.40 bits per heavy atom. The van der Waals surface area contributed by atoms with Gasteiger partial charge in [0.15, 0.2) is 0 Å². The predicted octanol–water partition coefficient (Wildman–Crippen LogP) is 2.78. The molecule has 0 aromatic heterocycles. The van der Waals surface area contributed by atoms with Gasteiger partial charge in [-0.2, -0.15) is 0 Å². The van der Waals surface area contributed by atoms with Crippen LogP contribution in [-0.4, -0.2) is 19.3 Å². The van der Waals surface area contributed by atoms with Crippen LogP contribution in [0.1, 0.15) is 18.9 Å². The number of halogens is 1.